The highest BCUT2D eigenvalue weighted by molar-refractivity contribution is 5.82. The molecule has 1 aliphatic rings. The Morgan fingerprint density at radius 1 is 0.690 bits per heavy atom. The first-order valence-corrected chi connectivity index (χ1v) is 9.34. The lowest BCUT2D eigenvalue weighted by Crippen LogP contribution is -2.47. The maximum absolute atomic E-state index is 11.4. The molecule has 1 saturated heterocycles. The molecule has 0 aromatic rings. The van der Waals surface area contributed by atoms with E-state index in [1.165, 1.54) is 6.42 Å². The molecular weight excluding hydrogens is 364 g/mol. The summed E-state index contributed by atoms with van der Waals surface area (Å²) in [6.45, 7) is 20.9. The van der Waals surface area contributed by atoms with Crippen molar-refractivity contribution in [1.82, 2.24) is 9.80 Å². The third kappa shape index (κ3) is 17.2. The summed E-state index contributed by atoms with van der Waals surface area (Å²) in [7, 11) is 3.54. The summed E-state index contributed by atoms with van der Waals surface area (Å²) < 4.78 is 0. The zero-order chi connectivity index (χ0) is 21.5. The van der Waals surface area contributed by atoms with Crippen molar-refractivity contribution in [1.29, 1.82) is 0 Å². The number of Topliss-reactive ketones (excluding diaryl/α,β-unsaturated/α-hetero) is 1. The van der Waals surface area contributed by atoms with Gasteiger partial charge in [0, 0.05) is 43.4 Å². The van der Waals surface area contributed by atoms with E-state index < -0.39 is 0 Å². The van der Waals surface area contributed by atoms with Crippen LogP contribution in [0.2, 0.25) is 0 Å². The summed E-state index contributed by atoms with van der Waals surface area (Å²) in [6.07, 6.45) is 1.18. The first-order chi connectivity index (χ1) is 11.3. The number of nitrogens with zero attached hydrogens (tertiary/aromatic N) is 2. The molecule has 29 heavy (non-hydrogen) atoms. The van der Waals surface area contributed by atoms with Crippen LogP contribution in [0.5, 0.6) is 0 Å². The van der Waals surface area contributed by atoms with E-state index in [1.807, 2.05) is 67.2 Å². The molecule has 0 bridgehead atoms. The molecular formula is C24H54N2O3. The number of amides is 2. The van der Waals surface area contributed by atoms with Gasteiger partial charge < -0.3 is 9.80 Å². The van der Waals surface area contributed by atoms with E-state index in [9.17, 15) is 14.4 Å². The Labute approximate surface area is 183 Å². The SMILES string of the molecule is C.C.C.CC(=O)C(C)(C)C.CC(C)(C)C(=O)N1CCC1.CN(C)C(=O)C(C)(C)C. The Morgan fingerprint density at radius 2 is 1.00 bits per heavy atom. The fraction of sp³-hybridized carbons (Fsp3) is 0.875. The molecule has 0 N–H and O–H groups in total. The van der Waals surface area contributed by atoms with E-state index in [4.69, 9.17) is 0 Å². The Kier molecular flexibility index (Phi) is 19.2. The predicted octanol–water partition coefficient (Wildman–Crippen LogP) is 5.92. The van der Waals surface area contributed by atoms with Crippen LogP contribution < -0.4 is 0 Å². The molecule has 5 nitrogen and oxygen atoms in total. The van der Waals surface area contributed by atoms with Gasteiger partial charge in [-0.1, -0.05) is 84.6 Å². The van der Waals surface area contributed by atoms with E-state index >= 15 is 0 Å². The van der Waals surface area contributed by atoms with Crippen LogP contribution in [-0.4, -0.2) is 54.6 Å². The normalized spacial score (nSPS) is 12.6. The third-order valence-corrected chi connectivity index (χ3v) is 3.89. The maximum atomic E-state index is 11.4. The van der Waals surface area contributed by atoms with Gasteiger partial charge in [0.15, 0.2) is 0 Å². The van der Waals surface area contributed by atoms with Crippen molar-refractivity contribution < 1.29 is 14.4 Å². The smallest absolute Gasteiger partial charge is 0.227 e. The van der Waals surface area contributed by atoms with E-state index in [0.29, 0.717) is 5.91 Å². The van der Waals surface area contributed by atoms with Crippen molar-refractivity contribution in [2.75, 3.05) is 27.2 Å². The van der Waals surface area contributed by atoms with Crippen LogP contribution in [0.4, 0.5) is 0 Å². The lowest BCUT2D eigenvalue weighted by Gasteiger charge is -2.35. The van der Waals surface area contributed by atoms with Gasteiger partial charge in [-0.3, -0.25) is 14.4 Å². The largest absolute Gasteiger partial charge is 0.348 e. The first-order valence-electron chi connectivity index (χ1n) is 9.34. The molecule has 0 atom stereocenters. The molecule has 0 aromatic heterocycles. The summed E-state index contributed by atoms with van der Waals surface area (Å²) in [4.78, 5) is 36.5. The number of hydrogen-bond donors (Lipinski definition) is 0. The minimum Gasteiger partial charge on any atom is -0.348 e. The molecule has 0 aliphatic carbocycles. The second-order valence-electron chi connectivity index (χ2n) is 10.2. The predicted molar refractivity (Wildman–Crippen MR) is 129 cm³/mol. The van der Waals surface area contributed by atoms with Crippen LogP contribution in [0, 0.1) is 16.2 Å². The lowest BCUT2D eigenvalue weighted by molar-refractivity contribution is -0.143. The van der Waals surface area contributed by atoms with E-state index in [2.05, 4.69) is 0 Å². The zero-order valence-corrected chi connectivity index (χ0v) is 19.2. The average Bonchev–Trinajstić information content (AvgIpc) is 2.33. The highest BCUT2D eigenvalue weighted by Gasteiger charge is 2.30. The molecule has 0 spiro atoms. The molecule has 0 saturated carbocycles. The van der Waals surface area contributed by atoms with Crippen LogP contribution >= 0.6 is 0 Å². The van der Waals surface area contributed by atoms with Gasteiger partial charge in [-0.25, -0.2) is 0 Å². The van der Waals surface area contributed by atoms with Gasteiger partial charge in [0.05, 0.1) is 0 Å². The molecule has 0 aromatic carbocycles. The average molecular weight is 419 g/mol. The number of carbonyl (C=O) groups is 3. The molecule has 178 valence electrons. The van der Waals surface area contributed by atoms with Gasteiger partial charge in [-0.15, -0.1) is 0 Å². The first kappa shape index (κ1) is 38.2. The molecule has 0 unspecified atom stereocenters. The van der Waals surface area contributed by atoms with Crippen molar-refractivity contribution in [3.8, 4) is 0 Å². The summed E-state index contributed by atoms with van der Waals surface area (Å²) in [5.74, 6) is 0.703. The molecule has 5 heteroatoms. The Morgan fingerprint density at radius 3 is 1.03 bits per heavy atom. The molecule has 1 heterocycles. The van der Waals surface area contributed by atoms with E-state index in [0.717, 1.165) is 13.1 Å². The Balaban J connectivity index is -0.0000000959. The second kappa shape index (κ2) is 14.6. The van der Waals surface area contributed by atoms with Crippen LogP contribution in [-0.2, 0) is 14.4 Å². The minimum atomic E-state index is -0.233. The molecule has 0 radical (unpaired) electrons. The number of likely N-dealkylation sites (tertiary alicyclic amines) is 1. The second-order valence-corrected chi connectivity index (χ2v) is 10.2. The summed E-state index contributed by atoms with van der Waals surface area (Å²) in [5.41, 5.74) is -0.552. The van der Waals surface area contributed by atoms with Crippen molar-refractivity contribution >= 4 is 17.6 Å². The van der Waals surface area contributed by atoms with Crippen LogP contribution in [0.15, 0.2) is 0 Å². The van der Waals surface area contributed by atoms with Crippen molar-refractivity contribution in [2.24, 2.45) is 16.2 Å². The summed E-state index contributed by atoms with van der Waals surface area (Å²) >= 11 is 0. The molecule has 1 rings (SSSR count). The van der Waals surface area contributed by atoms with Crippen molar-refractivity contribution in [3.05, 3.63) is 0 Å². The van der Waals surface area contributed by atoms with Crippen molar-refractivity contribution in [2.45, 2.75) is 97.9 Å². The number of rotatable bonds is 0. The van der Waals surface area contributed by atoms with Crippen molar-refractivity contribution in [3.63, 3.8) is 0 Å². The van der Waals surface area contributed by atoms with Crippen LogP contribution in [0.3, 0.4) is 0 Å². The van der Waals surface area contributed by atoms with Gasteiger partial charge >= 0.3 is 0 Å². The fourth-order valence-electron chi connectivity index (χ4n) is 1.66. The quantitative estimate of drug-likeness (QED) is 0.491. The Bertz CT molecular complexity index is 472. The number of carbonyl (C=O) groups excluding carboxylic acids is 3. The lowest BCUT2D eigenvalue weighted by atomic mass is 9.92. The fourth-order valence-corrected chi connectivity index (χ4v) is 1.66. The van der Waals surface area contributed by atoms with Gasteiger partial charge in [0.1, 0.15) is 5.78 Å². The van der Waals surface area contributed by atoms with Gasteiger partial charge in [-0.05, 0) is 13.3 Å². The summed E-state index contributed by atoms with van der Waals surface area (Å²) in [6, 6.07) is 0. The monoisotopic (exact) mass is 418 g/mol. The molecule has 1 aliphatic heterocycles. The van der Waals surface area contributed by atoms with Gasteiger partial charge in [0.2, 0.25) is 11.8 Å². The minimum absolute atomic E-state index is 0. The van der Waals surface area contributed by atoms with Gasteiger partial charge in [0.25, 0.3) is 0 Å². The Hall–Kier alpha value is -1.39. The highest BCUT2D eigenvalue weighted by atomic mass is 16.2. The number of hydrogen-bond acceptors (Lipinski definition) is 3. The van der Waals surface area contributed by atoms with Crippen LogP contribution in [0.25, 0.3) is 0 Å². The third-order valence-electron chi connectivity index (χ3n) is 3.89. The standard InChI is InChI=1S/C8H15NO.C7H15NO.C6H12O.3CH4/c1-8(2,3)7(10)9-5-4-6-9;1-7(2,3)6(9)8(4)5;1-5(7)6(2,3)4;;;/h4-6H2,1-3H3;1-5H3;1-4H3;3*1H4. The highest BCUT2D eigenvalue weighted by Crippen LogP contribution is 2.20. The molecule has 2 amide bonds. The van der Waals surface area contributed by atoms with Gasteiger partial charge in [-0.2, -0.15) is 0 Å². The molecule has 1 fully saturated rings. The van der Waals surface area contributed by atoms with E-state index in [-0.39, 0.29) is 50.2 Å². The zero-order valence-electron chi connectivity index (χ0n) is 19.2. The summed E-state index contributed by atoms with van der Waals surface area (Å²) in [5, 5.41) is 0. The van der Waals surface area contributed by atoms with E-state index in [1.54, 1.807) is 25.9 Å². The maximum Gasteiger partial charge on any atom is 0.227 e. The topological polar surface area (TPSA) is 57.7 Å². The number of ketones is 1. The van der Waals surface area contributed by atoms with Crippen LogP contribution in [0.1, 0.15) is 97.9 Å².